The van der Waals surface area contributed by atoms with E-state index >= 15 is 0 Å². The quantitative estimate of drug-likeness (QED) is 0.167. The molecule has 0 unspecified atom stereocenters. The van der Waals surface area contributed by atoms with Gasteiger partial charge in [-0.2, -0.15) is 0 Å². The molecule has 0 atom stereocenters. The zero-order valence-electron chi connectivity index (χ0n) is 33.7. The highest BCUT2D eigenvalue weighted by Crippen LogP contribution is 2.62. The molecule has 62 heavy (non-hydrogen) atoms. The van der Waals surface area contributed by atoms with Crippen LogP contribution < -0.4 is 0 Å². The Hall–Kier alpha value is -7.59. The molecule has 1 aliphatic heterocycles. The zero-order valence-corrected chi connectivity index (χ0v) is 34.6. The van der Waals surface area contributed by atoms with Crippen molar-refractivity contribution in [1.82, 2.24) is 9.97 Å². The van der Waals surface area contributed by atoms with Gasteiger partial charge in [0, 0.05) is 26.5 Å². The lowest BCUT2D eigenvalue weighted by Crippen LogP contribution is -2.32. The van der Waals surface area contributed by atoms with Crippen molar-refractivity contribution in [2.75, 3.05) is 0 Å². The van der Waals surface area contributed by atoms with E-state index in [0.29, 0.717) is 5.82 Å². The van der Waals surface area contributed by atoms with E-state index in [1.165, 1.54) is 65.4 Å². The van der Waals surface area contributed by atoms with Gasteiger partial charge in [0.2, 0.25) is 0 Å². The van der Waals surface area contributed by atoms with E-state index in [1.54, 1.807) is 0 Å². The molecule has 1 aliphatic carbocycles. The van der Waals surface area contributed by atoms with Gasteiger partial charge in [0.25, 0.3) is 0 Å². The van der Waals surface area contributed by atoms with Crippen LogP contribution in [0.1, 0.15) is 22.3 Å². The standard InChI is InChI=1S/C59H38N2S/c1-3-14-39(15-4-1)41-26-30-43(31-27-41)54-38-55(61-58(60-54)44-32-28-42(29-33-44)40-16-5-2-6-17-40)47-19-13-18-45(36-47)46-34-35-57-53(37-46)59(52-24-11-12-25-56(52)62-57)50-22-9-7-20-48(50)49-21-8-10-23-51(49)59/h1-38H. The average Bonchev–Trinajstić information content (AvgIpc) is 3.65. The first-order valence-corrected chi connectivity index (χ1v) is 22.0. The molecule has 3 heteroatoms. The normalized spacial score (nSPS) is 12.9. The van der Waals surface area contributed by atoms with Crippen LogP contribution in [-0.4, -0.2) is 9.97 Å². The second kappa shape index (κ2) is 14.8. The van der Waals surface area contributed by atoms with Gasteiger partial charge in [-0.25, -0.2) is 9.97 Å². The highest BCUT2D eigenvalue weighted by molar-refractivity contribution is 7.99. The van der Waals surface area contributed by atoms with Crippen LogP contribution in [0.15, 0.2) is 240 Å². The van der Waals surface area contributed by atoms with Crippen LogP contribution in [-0.2, 0) is 5.41 Å². The highest BCUT2D eigenvalue weighted by atomic mass is 32.2. The molecule has 0 bridgehead atoms. The molecule has 2 aliphatic rings. The molecule has 1 aromatic heterocycles. The summed E-state index contributed by atoms with van der Waals surface area (Å²) in [6.07, 6.45) is 0. The van der Waals surface area contributed by atoms with Crippen LogP contribution in [0.3, 0.4) is 0 Å². The predicted octanol–water partition coefficient (Wildman–Crippen LogP) is 15.3. The van der Waals surface area contributed by atoms with E-state index in [2.05, 4.69) is 224 Å². The lowest BCUT2D eigenvalue weighted by molar-refractivity contribution is 0.723. The summed E-state index contributed by atoms with van der Waals surface area (Å²) in [4.78, 5) is 13.1. The minimum atomic E-state index is -0.430. The molecule has 2 nitrogen and oxygen atoms in total. The van der Waals surface area contributed by atoms with Crippen molar-refractivity contribution in [3.63, 3.8) is 0 Å². The minimum absolute atomic E-state index is 0.430. The fraction of sp³-hybridized carbons (Fsp3) is 0.0169. The number of benzene rings is 9. The number of hydrogen-bond acceptors (Lipinski definition) is 3. The fourth-order valence-corrected chi connectivity index (χ4v) is 10.8. The topological polar surface area (TPSA) is 25.8 Å². The van der Waals surface area contributed by atoms with Crippen LogP contribution in [0, 0.1) is 0 Å². The van der Waals surface area contributed by atoms with E-state index in [1.807, 2.05) is 17.8 Å². The van der Waals surface area contributed by atoms with Gasteiger partial charge in [-0.3, -0.25) is 0 Å². The predicted molar refractivity (Wildman–Crippen MR) is 256 cm³/mol. The van der Waals surface area contributed by atoms with Gasteiger partial charge < -0.3 is 0 Å². The van der Waals surface area contributed by atoms with E-state index in [0.717, 1.165) is 39.2 Å². The van der Waals surface area contributed by atoms with Crippen molar-refractivity contribution >= 4 is 11.8 Å². The van der Waals surface area contributed by atoms with E-state index in [9.17, 15) is 0 Å². The Morgan fingerprint density at radius 3 is 1.35 bits per heavy atom. The first kappa shape index (κ1) is 36.3. The Balaban J connectivity index is 0.986. The van der Waals surface area contributed by atoms with Crippen molar-refractivity contribution in [2.45, 2.75) is 15.2 Å². The summed E-state index contributed by atoms with van der Waals surface area (Å²) in [6.45, 7) is 0. The third kappa shape index (κ3) is 5.96. The number of hydrogen-bond donors (Lipinski definition) is 0. The molecule has 9 aromatic carbocycles. The summed E-state index contributed by atoms with van der Waals surface area (Å²) < 4.78 is 0. The van der Waals surface area contributed by atoms with Crippen molar-refractivity contribution < 1.29 is 0 Å². The van der Waals surface area contributed by atoms with Gasteiger partial charge in [0.1, 0.15) is 0 Å². The van der Waals surface area contributed by atoms with Crippen molar-refractivity contribution in [3.05, 3.63) is 253 Å². The first-order valence-electron chi connectivity index (χ1n) is 21.1. The SMILES string of the molecule is c1ccc(-c2ccc(-c3cc(-c4cccc(-c5ccc6c(c5)C5(c7ccccc7S6)c6ccccc6-c6ccccc65)c4)nc(-c4ccc(-c5ccccc5)cc4)n3)cc2)cc1. The summed E-state index contributed by atoms with van der Waals surface area (Å²) in [5.41, 5.74) is 19.4. The molecule has 0 radical (unpaired) electrons. The molecule has 0 N–H and O–H groups in total. The third-order valence-electron chi connectivity index (χ3n) is 12.6. The molecule has 2 heterocycles. The number of fused-ring (bicyclic) bond motifs is 9. The Morgan fingerprint density at radius 1 is 0.274 bits per heavy atom. The zero-order chi connectivity index (χ0) is 41.0. The van der Waals surface area contributed by atoms with Gasteiger partial charge in [0.05, 0.1) is 16.8 Å². The van der Waals surface area contributed by atoms with E-state index < -0.39 is 5.41 Å². The second-order valence-corrected chi connectivity index (χ2v) is 17.2. The molecule has 1 spiro atoms. The Kier molecular flexibility index (Phi) is 8.69. The lowest BCUT2D eigenvalue weighted by Gasteiger charge is -2.40. The molecule has 12 rings (SSSR count). The number of rotatable bonds is 6. The minimum Gasteiger partial charge on any atom is -0.228 e. The third-order valence-corrected chi connectivity index (χ3v) is 13.8. The summed E-state index contributed by atoms with van der Waals surface area (Å²) >= 11 is 1.88. The summed E-state index contributed by atoms with van der Waals surface area (Å²) in [5, 5.41) is 0. The highest BCUT2D eigenvalue weighted by Gasteiger charge is 2.50. The smallest absolute Gasteiger partial charge is 0.160 e. The maximum absolute atomic E-state index is 5.29. The molecule has 0 saturated carbocycles. The Morgan fingerprint density at radius 2 is 0.710 bits per heavy atom. The van der Waals surface area contributed by atoms with Gasteiger partial charge in [-0.1, -0.05) is 212 Å². The monoisotopic (exact) mass is 806 g/mol. The lowest BCUT2D eigenvalue weighted by atomic mass is 9.67. The van der Waals surface area contributed by atoms with Crippen molar-refractivity contribution in [2.24, 2.45) is 0 Å². The number of aromatic nitrogens is 2. The molecule has 0 amide bonds. The van der Waals surface area contributed by atoms with Crippen LogP contribution in [0.5, 0.6) is 0 Å². The van der Waals surface area contributed by atoms with Crippen LogP contribution in [0.4, 0.5) is 0 Å². The Labute approximate surface area is 366 Å². The summed E-state index contributed by atoms with van der Waals surface area (Å²) in [6, 6.07) is 83.4. The van der Waals surface area contributed by atoms with Gasteiger partial charge in [-0.05, 0) is 97.1 Å². The molecule has 290 valence electrons. The summed E-state index contributed by atoms with van der Waals surface area (Å²) in [7, 11) is 0. The molecule has 10 aromatic rings. The van der Waals surface area contributed by atoms with Gasteiger partial charge in [-0.15, -0.1) is 0 Å². The molecule has 0 fully saturated rings. The Bertz CT molecular complexity index is 3150. The summed E-state index contributed by atoms with van der Waals surface area (Å²) in [5.74, 6) is 0.694. The second-order valence-electron chi connectivity index (χ2n) is 16.1. The maximum atomic E-state index is 5.29. The van der Waals surface area contributed by atoms with Gasteiger partial charge >= 0.3 is 0 Å². The first-order chi connectivity index (χ1) is 30.7. The van der Waals surface area contributed by atoms with E-state index in [-0.39, 0.29) is 0 Å². The van der Waals surface area contributed by atoms with Crippen molar-refractivity contribution in [3.8, 4) is 78.4 Å². The van der Waals surface area contributed by atoms with Gasteiger partial charge in [0.15, 0.2) is 5.82 Å². The molecular formula is C59H38N2S. The van der Waals surface area contributed by atoms with E-state index in [4.69, 9.17) is 9.97 Å². The molecular weight excluding hydrogens is 769 g/mol. The fourth-order valence-electron chi connectivity index (χ4n) is 9.67. The maximum Gasteiger partial charge on any atom is 0.160 e. The number of nitrogens with zero attached hydrogens (tertiary/aromatic N) is 2. The van der Waals surface area contributed by atoms with Crippen LogP contribution in [0.2, 0.25) is 0 Å². The van der Waals surface area contributed by atoms with Crippen LogP contribution in [0.25, 0.3) is 78.4 Å². The largest absolute Gasteiger partial charge is 0.228 e. The van der Waals surface area contributed by atoms with Crippen LogP contribution >= 0.6 is 11.8 Å². The molecule has 0 saturated heterocycles. The van der Waals surface area contributed by atoms with Crippen molar-refractivity contribution in [1.29, 1.82) is 0 Å². The average molecular weight is 807 g/mol.